The average molecular weight is 243 g/mol. The number of phenols is 1. The second-order valence-corrected chi connectivity index (χ2v) is 4.39. The molecule has 0 fully saturated rings. The summed E-state index contributed by atoms with van der Waals surface area (Å²) in [5.41, 5.74) is 7.83. The largest absolute Gasteiger partial charge is 0.508 e. The van der Waals surface area contributed by atoms with E-state index in [1.54, 1.807) is 24.3 Å². The molecule has 3 heteroatoms. The molecule has 0 saturated carbocycles. The SMILES string of the molecule is NC(Cc1ccccc1)C(O)c1ccc(O)cc1. The van der Waals surface area contributed by atoms with Crippen LogP contribution in [0.1, 0.15) is 17.2 Å². The maximum atomic E-state index is 10.1. The van der Waals surface area contributed by atoms with E-state index in [9.17, 15) is 10.2 Å². The quantitative estimate of drug-likeness (QED) is 0.769. The number of hydrogen-bond donors (Lipinski definition) is 3. The van der Waals surface area contributed by atoms with Gasteiger partial charge in [0.15, 0.2) is 0 Å². The van der Waals surface area contributed by atoms with Crippen LogP contribution in [0.4, 0.5) is 0 Å². The van der Waals surface area contributed by atoms with Gasteiger partial charge in [0.1, 0.15) is 5.75 Å². The van der Waals surface area contributed by atoms with Crippen LogP contribution in [0.15, 0.2) is 54.6 Å². The summed E-state index contributed by atoms with van der Waals surface area (Å²) in [6.45, 7) is 0. The highest BCUT2D eigenvalue weighted by Gasteiger charge is 2.17. The highest BCUT2D eigenvalue weighted by Crippen LogP contribution is 2.20. The number of nitrogens with two attached hydrogens (primary N) is 1. The topological polar surface area (TPSA) is 66.5 Å². The average Bonchev–Trinajstić information content (AvgIpc) is 2.40. The fourth-order valence-corrected chi connectivity index (χ4v) is 1.92. The van der Waals surface area contributed by atoms with Crippen molar-refractivity contribution in [3.63, 3.8) is 0 Å². The fraction of sp³-hybridized carbons (Fsp3) is 0.200. The van der Waals surface area contributed by atoms with E-state index in [0.29, 0.717) is 6.42 Å². The molecule has 2 unspecified atom stereocenters. The first-order chi connectivity index (χ1) is 8.66. The van der Waals surface area contributed by atoms with Gasteiger partial charge in [-0.3, -0.25) is 0 Å². The van der Waals surface area contributed by atoms with Crippen LogP contribution < -0.4 is 5.73 Å². The highest BCUT2D eigenvalue weighted by molar-refractivity contribution is 5.28. The number of phenolic OH excluding ortho intramolecular Hbond substituents is 1. The maximum absolute atomic E-state index is 10.1. The molecule has 0 aliphatic carbocycles. The van der Waals surface area contributed by atoms with Crippen molar-refractivity contribution in [2.24, 2.45) is 5.73 Å². The van der Waals surface area contributed by atoms with Crippen LogP contribution >= 0.6 is 0 Å². The second kappa shape index (κ2) is 5.67. The second-order valence-electron chi connectivity index (χ2n) is 4.39. The molecule has 0 aliphatic heterocycles. The van der Waals surface area contributed by atoms with Crippen LogP contribution in [0.5, 0.6) is 5.75 Å². The first-order valence-electron chi connectivity index (χ1n) is 5.93. The van der Waals surface area contributed by atoms with Gasteiger partial charge in [-0.05, 0) is 29.7 Å². The van der Waals surface area contributed by atoms with Crippen molar-refractivity contribution in [2.45, 2.75) is 18.6 Å². The molecule has 2 aromatic rings. The van der Waals surface area contributed by atoms with Crippen molar-refractivity contribution >= 4 is 0 Å². The maximum Gasteiger partial charge on any atom is 0.115 e. The zero-order chi connectivity index (χ0) is 13.0. The Bertz CT molecular complexity index is 482. The summed E-state index contributed by atoms with van der Waals surface area (Å²) < 4.78 is 0. The molecule has 2 rings (SSSR count). The van der Waals surface area contributed by atoms with Crippen LogP contribution in [0.3, 0.4) is 0 Å². The predicted molar refractivity (Wildman–Crippen MR) is 71.2 cm³/mol. The van der Waals surface area contributed by atoms with Gasteiger partial charge >= 0.3 is 0 Å². The lowest BCUT2D eigenvalue weighted by molar-refractivity contribution is 0.146. The van der Waals surface area contributed by atoms with E-state index in [1.807, 2.05) is 30.3 Å². The van der Waals surface area contributed by atoms with Gasteiger partial charge in [0.05, 0.1) is 6.10 Å². The summed E-state index contributed by atoms with van der Waals surface area (Å²) in [5.74, 6) is 0.183. The molecule has 4 N–H and O–H groups in total. The first kappa shape index (κ1) is 12.6. The number of benzene rings is 2. The third-order valence-electron chi connectivity index (χ3n) is 2.95. The number of hydrogen-bond acceptors (Lipinski definition) is 3. The van der Waals surface area contributed by atoms with Crippen molar-refractivity contribution in [1.29, 1.82) is 0 Å². The Kier molecular flexibility index (Phi) is 3.97. The predicted octanol–water partition coefficient (Wildman–Crippen LogP) is 2.00. The minimum absolute atomic E-state index is 0.183. The Balaban J connectivity index is 2.05. The molecule has 3 nitrogen and oxygen atoms in total. The third-order valence-corrected chi connectivity index (χ3v) is 2.95. The van der Waals surface area contributed by atoms with Crippen molar-refractivity contribution < 1.29 is 10.2 Å². The summed E-state index contributed by atoms with van der Waals surface area (Å²) in [6, 6.07) is 15.9. The Morgan fingerprint density at radius 2 is 1.56 bits per heavy atom. The normalized spacial score (nSPS) is 14.1. The van der Waals surface area contributed by atoms with Crippen LogP contribution in [0.2, 0.25) is 0 Å². The van der Waals surface area contributed by atoms with E-state index in [2.05, 4.69) is 0 Å². The van der Waals surface area contributed by atoms with E-state index in [1.165, 1.54) is 0 Å². The third kappa shape index (κ3) is 3.09. The van der Waals surface area contributed by atoms with Crippen molar-refractivity contribution in [3.8, 4) is 5.75 Å². The van der Waals surface area contributed by atoms with Gasteiger partial charge in [0.25, 0.3) is 0 Å². The number of rotatable bonds is 4. The zero-order valence-electron chi connectivity index (χ0n) is 10.0. The summed E-state index contributed by atoms with van der Waals surface area (Å²) in [7, 11) is 0. The Morgan fingerprint density at radius 3 is 2.17 bits per heavy atom. The lowest BCUT2D eigenvalue weighted by atomic mass is 9.97. The van der Waals surface area contributed by atoms with Crippen LogP contribution in [-0.2, 0) is 6.42 Å². The molecule has 0 aliphatic rings. The van der Waals surface area contributed by atoms with Crippen LogP contribution in [-0.4, -0.2) is 16.3 Å². The number of aromatic hydroxyl groups is 1. The van der Waals surface area contributed by atoms with Crippen molar-refractivity contribution in [2.75, 3.05) is 0 Å². The smallest absolute Gasteiger partial charge is 0.115 e. The van der Waals surface area contributed by atoms with Gasteiger partial charge < -0.3 is 15.9 Å². The van der Waals surface area contributed by atoms with E-state index in [4.69, 9.17) is 5.73 Å². The van der Waals surface area contributed by atoms with Crippen LogP contribution in [0.25, 0.3) is 0 Å². The summed E-state index contributed by atoms with van der Waals surface area (Å²) >= 11 is 0. The van der Waals surface area contributed by atoms with Gasteiger partial charge in [-0.25, -0.2) is 0 Å². The molecule has 18 heavy (non-hydrogen) atoms. The van der Waals surface area contributed by atoms with E-state index in [0.717, 1.165) is 11.1 Å². The van der Waals surface area contributed by atoms with Gasteiger partial charge in [-0.15, -0.1) is 0 Å². The fourth-order valence-electron chi connectivity index (χ4n) is 1.92. The molecule has 0 spiro atoms. The van der Waals surface area contributed by atoms with Crippen molar-refractivity contribution in [1.82, 2.24) is 0 Å². The van der Waals surface area contributed by atoms with Crippen molar-refractivity contribution in [3.05, 3.63) is 65.7 Å². The van der Waals surface area contributed by atoms with E-state index >= 15 is 0 Å². The minimum atomic E-state index is -0.731. The zero-order valence-corrected chi connectivity index (χ0v) is 10.0. The Labute approximate surface area is 107 Å². The Morgan fingerprint density at radius 1 is 0.944 bits per heavy atom. The lowest BCUT2D eigenvalue weighted by Crippen LogP contribution is -2.30. The molecular formula is C15H17NO2. The molecule has 0 heterocycles. The number of aliphatic hydroxyl groups excluding tert-OH is 1. The monoisotopic (exact) mass is 243 g/mol. The molecule has 2 atom stereocenters. The van der Waals surface area contributed by atoms with Gasteiger partial charge in [0, 0.05) is 6.04 Å². The summed E-state index contributed by atoms with van der Waals surface area (Å²) in [5, 5.41) is 19.3. The highest BCUT2D eigenvalue weighted by atomic mass is 16.3. The molecule has 94 valence electrons. The van der Waals surface area contributed by atoms with E-state index < -0.39 is 6.10 Å². The van der Waals surface area contributed by atoms with Gasteiger partial charge in [0.2, 0.25) is 0 Å². The molecule has 0 bridgehead atoms. The molecule has 0 saturated heterocycles. The van der Waals surface area contributed by atoms with Gasteiger partial charge in [-0.1, -0.05) is 42.5 Å². The van der Waals surface area contributed by atoms with Gasteiger partial charge in [-0.2, -0.15) is 0 Å². The van der Waals surface area contributed by atoms with Crippen LogP contribution in [0, 0.1) is 0 Å². The summed E-state index contributed by atoms with van der Waals surface area (Å²) in [4.78, 5) is 0. The van der Waals surface area contributed by atoms with E-state index in [-0.39, 0.29) is 11.8 Å². The molecule has 0 aromatic heterocycles. The Hall–Kier alpha value is -1.84. The molecule has 2 aromatic carbocycles. The minimum Gasteiger partial charge on any atom is -0.508 e. The first-order valence-corrected chi connectivity index (χ1v) is 5.93. The molecule has 0 amide bonds. The summed E-state index contributed by atoms with van der Waals surface area (Å²) in [6.07, 6.45) is -0.117. The standard InChI is InChI=1S/C15H17NO2/c16-14(10-11-4-2-1-3-5-11)15(18)12-6-8-13(17)9-7-12/h1-9,14-15,17-18H,10,16H2. The molecule has 0 radical (unpaired) electrons. The molecular weight excluding hydrogens is 226 g/mol. The lowest BCUT2D eigenvalue weighted by Gasteiger charge is -2.19. The number of aliphatic hydroxyl groups is 1.